The van der Waals surface area contributed by atoms with Gasteiger partial charge in [0.25, 0.3) is 0 Å². The van der Waals surface area contributed by atoms with Gasteiger partial charge in [-0.2, -0.15) is 0 Å². The molecular formula is C14H29N3. The van der Waals surface area contributed by atoms with Gasteiger partial charge in [-0.15, -0.1) is 0 Å². The van der Waals surface area contributed by atoms with E-state index in [1.807, 2.05) is 0 Å². The molecule has 1 atom stereocenters. The molecule has 2 rings (SSSR count). The van der Waals surface area contributed by atoms with Gasteiger partial charge in [0.05, 0.1) is 0 Å². The molecule has 17 heavy (non-hydrogen) atoms. The maximum absolute atomic E-state index is 3.57. The Kier molecular flexibility index (Phi) is 4.11. The van der Waals surface area contributed by atoms with Crippen molar-refractivity contribution in [3.63, 3.8) is 0 Å². The summed E-state index contributed by atoms with van der Waals surface area (Å²) in [6.45, 7) is 16.8. The first-order valence-corrected chi connectivity index (χ1v) is 7.19. The van der Waals surface area contributed by atoms with Crippen molar-refractivity contribution in [3.05, 3.63) is 0 Å². The lowest BCUT2D eigenvalue weighted by Crippen LogP contribution is -2.60. The van der Waals surface area contributed by atoms with Crippen LogP contribution in [0.4, 0.5) is 0 Å². The van der Waals surface area contributed by atoms with E-state index in [1.165, 1.54) is 45.7 Å². The lowest BCUT2D eigenvalue weighted by molar-refractivity contribution is 0.0144. The topological polar surface area (TPSA) is 18.5 Å². The minimum Gasteiger partial charge on any atom is -0.315 e. The molecule has 0 aromatic heterocycles. The summed E-state index contributed by atoms with van der Waals surface area (Å²) in [7, 11) is 0. The van der Waals surface area contributed by atoms with Crippen molar-refractivity contribution in [2.24, 2.45) is 5.41 Å². The molecule has 3 heteroatoms. The lowest BCUT2D eigenvalue weighted by atomic mass is 9.77. The van der Waals surface area contributed by atoms with Gasteiger partial charge in [0.15, 0.2) is 0 Å². The normalized spacial score (nSPS) is 31.9. The van der Waals surface area contributed by atoms with Crippen molar-refractivity contribution in [3.8, 4) is 0 Å². The Morgan fingerprint density at radius 2 is 1.76 bits per heavy atom. The van der Waals surface area contributed by atoms with Crippen LogP contribution in [-0.2, 0) is 0 Å². The van der Waals surface area contributed by atoms with Crippen molar-refractivity contribution in [1.82, 2.24) is 15.1 Å². The van der Waals surface area contributed by atoms with E-state index in [0.29, 0.717) is 11.5 Å². The van der Waals surface area contributed by atoms with Gasteiger partial charge < -0.3 is 5.32 Å². The SMILES string of the molecule is CC(C)N1CCN(C2CNCCC2(C)C)CC1. The fourth-order valence-corrected chi connectivity index (χ4v) is 3.28. The Balaban J connectivity index is 1.91. The first-order valence-electron chi connectivity index (χ1n) is 7.19. The molecule has 100 valence electrons. The summed E-state index contributed by atoms with van der Waals surface area (Å²) >= 11 is 0. The third kappa shape index (κ3) is 3.01. The zero-order valence-corrected chi connectivity index (χ0v) is 12.0. The number of nitrogens with one attached hydrogen (secondary N) is 1. The third-order valence-electron chi connectivity index (χ3n) is 4.71. The minimum absolute atomic E-state index is 0.477. The first-order chi connectivity index (χ1) is 8.00. The lowest BCUT2D eigenvalue weighted by Gasteiger charge is -2.49. The molecule has 0 aliphatic carbocycles. The molecule has 0 radical (unpaired) electrons. The predicted octanol–water partition coefficient (Wildman–Crippen LogP) is 1.40. The van der Waals surface area contributed by atoms with Gasteiger partial charge in [0.2, 0.25) is 0 Å². The molecular weight excluding hydrogens is 210 g/mol. The predicted molar refractivity (Wildman–Crippen MR) is 73.3 cm³/mol. The Labute approximate surface area is 107 Å². The second-order valence-corrected chi connectivity index (χ2v) is 6.62. The van der Waals surface area contributed by atoms with Crippen LogP contribution >= 0.6 is 0 Å². The van der Waals surface area contributed by atoms with Crippen LogP contribution in [0.25, 0.3) is 0 Å². The van der Waals surface area contributed by atoms with Crippen LogP contribution in [0, 0.1) is 5.41 Å². The van der Waals surface area contributed by atoms with E-state index in [1.54, 1.807) is 0 Å². The summed E-state index contributed by atoms with van der Waals surface area (Å²) in [6.07, 6.45) is 1.31. The summed E-state index contributed by atoms with van der Waals surface area (Å²) in [5.74, 6) is 0. The van der Waals surface area contributed by atoms with Gasteiger partial charge in [-0.1, -0.05) is 13.8 Å². The molecule has 0 saturated carbocycles. The molecule has 0 spiro atoms. The van der Waals surface area contributed by atoms with E-state index in [4.69, 9.17) is 0 Å². The fourth-order valence-electron chi connectivity index (χ4n) is 3.28. The van der Waals surface area contributed by atoms with Crippen molar-refractivity contribution >= 4 is 0 Å². The molecule has 2 fully saturated rings. The Bertz CT molecular complexity index is 242. The highest BCUT2D eigenvalue weighted by atomic mass is 15.3. The smallest absolute Gasteiger partial charge is 0.0273 e. The monoisotopic (exact) mass is 239 g/mol. The fraction of sp³-hybridized carbons (Fsp3) is 1.00. The summed E-state index contributed by atoms with van der Waals surface area (Å²) < 4.78 is 0. The van der Waals surface area contributed by atoms with E-state index < -0.39 is 0 Å². The molecule has 0 bridgehead atoms. The van der Waals surface area contributed by atoms with Crippen molar-refractivity contribution < 1.29 is 0 Å². The van der Waals surface area contributed by atoms with Crippen LogP contribution in [0.1, 0.15) is 34.1 Å². The molecule has 3 nitrogen and oxygen atoms in total. The van der Waals surface area contributed by atoms with Crippen LogP contribution in [0.5, 0.6) is 0 Å². The quantitative estimate of drug-likeness (QED) is 0.786. The Hall–Kier alpha value is -0.120. The van der Waals surface area contributed by atoms with E-state index in [-0.39, 0.29) is 0 Å². The molecule has 2 aliphatic rings. The highest BCUT2D eigenvalue weighted by molar-refractivity contribution is 4.93. The highest BCUT2D eigenvalue weighted by Gasteiger charge is 2.37. The van der Waals surface area contributed by atoms with E-state index in [2.05, 4.69) is 42.8 Å². The second kappa shape index (κ2) is 5.25. The van der Waals surface area contributed by atoms with Gasteiger partial charge in [0.1, 0.15) is 0 Å². The zero-order chi connectivity index (χ0) is 12.5. The van der Waals surface area contributed by atoms with Crippen LogP contribution < -0.4 is 5.32 Å². The summed E-state index contributed by atoms with van der Waals surface area (Å²) in [5.41, 5.74) is 0.477. The van der Waals surface area contributed by atoms with Gasteiger partial charge in [-0.05, 0) is 32.2 Å². The van der Waals surface area contributed by atoms with Crippen LogP contribution in [0.2, 0.25) is 0 Å². The van der Waals surface area contributed by atoms with Crippen LogP contribution in [0.3, 0.4) is 0 Å². The third-order valence-corrected chi connectivity index (χ3v) is 4.71. The number of hydrogen-bond acceptors (Lipinski definition) is 3. The second-order valence-electron chi connectivity index (χ2n) is 6.62. The van der Waals surface area contributed by atoms with Crippen LogP contribution in [-0.4, -0.2) is 61.2 Å². The molecule has 2 aliphatic heterocycles. The van der Waals surface area contributed by atoms with Crippen molar-refractivity contribution in [2.75, 3.05) is 39.3 Å². The Morgan fingerprint density at radius 1 is 1.12 bits per heavy atom. The van der Waals surface area contributed by atoms with Gasteiger partial charge >= 0.3 is 0 Å². The van der Waals surface area contributed by atoms with Crippen LogP contribution in [0.15, 0.2) is 0 Å². The van der Waals surface area contributed by atoms with E-state index in [9.17, 15) is 0 Å². The summed E-state index contributed by atoms with van der Waals surface area (Å²) in [5, 5.41) is 3.57. The number of piperidine rings is 1. The molecule has 1 unspecified atom stereocenters. The van der Waals surface area contributed by atoms with Crippen molar-refractivity contribution in [1.29, 1.82) is 0 Å². The summed E-state index contributed by atoms with van der Waals surface area (Å²) in [4.78, 5) is 5.31. The van der Waals surface area contributed by atoms with E-state index in [0.717, 1.165) is 6.04 Å². The molecule has 0 amide bonds. The number of rotatable bonds is 2. The molecule has 1 N–H and O–H groups in total. The number of hydrogen-bond donors (Lipinski definition) is 1. The standard InChI is InChI=1S/C14H29N3/c1-12(2)16-7-9-17(10-8-16)13-11-15-6-5-14(13,3)4/h12-13,15H,5-11H2,1-4H3. The first kappa shape index (κ1) is 13.3. The van der Waals surface area contributed by atoms with Gasteiger partial charge in [-0.25, -0.2) is 0 Å². The largest absolute Gasteiger partial charge is 0.315 e. The maximum atomic E-state index is 3.57. The average molecular weight is 239 g/mol. The average Bonchev–Trinajstić information content (AvgIpc) is 2.28. The molecule has 2 saturated heterocycles. The molecule has 0 aromatic rings. The van der Waals surface area contributed by atoms with Crippen molar-refractivity contribution in [2.45, 2.75) is 46.2 Å². The summed E-state index contributed by atoms with van der Waals surface area (Å²) in [6, 6.07) is 1.43. The minimum atomic E-state index is 0.477. The molecule has 2 heterocycles. The maximum Gasteiger partial charge on any atom is 0.0273 e. The Morgan fingerprint density at radius 3 is 2.29 bits per heavy atom. The van der Waals surface area contributed by atoms with Gasteiger partial charge in [-0.3, -0.25) is 9.80 Å². The zero-order valence-electron chi connectivity index (χ0n) is 12.0. The van der Waals surface area contributed by atoms with E-state index >= 15 is 0 Å². The molecule has 0 aromatic carbocycles. The number of nitrogens with zero attached hydrogens (tertiary/aromatic N) is 2. The van der Waals surface area contributed by atoms with Gasteiger partial charge in [0, 0.05) is 44.8 Å². The highest BCUT2D eigenvalue weighted by Crippen LogP contribution is 2.31. The number of piperazine rings is 1.